The largest absolute Gasteiger partial charge is 0.444 e. The Morgan fingerprint density at radius 1 is 1.44 bits per heavy atom. The molecule has 0 saturated carbocycles. The number of likely N-dealkylation sites (tertiary alicyclic amines) is 1. The Morgan fingerprint density at radius 3 is 2.56 bits per heavy atom. The summed E-state index contributed by atoms with van der Waals surface area (Å²) in [6, 6.07) is 1.48. The van der Waals surface area contributed by atoms with Gasteiger partial charge in [0.15, 0.2) is 0 Å². The molecule has 8 nitrogen and oxygen atoms in total. The van der Waals surface area contributed by atoms with E-state index in [1.54, 1.807) is 11.8 Å². The number of halogens is 1. The van der Waals surface area contributed by atoms with E-state index in [1.165, 1.54) is 6.07 Å². The minimum atomic E-state index is -0.522. The van der Waals surface area contributed by atoms with Crippen molar-refractivity contribution in [1.82, 2.24) is 9.88 Å². The first-order valence-electron chi connectivity index (χ1n) is 8.13. The van der Waals surface area contributed by atoms with Crippen molar-refractivity contribution in [3.8, 4) is 0 Å². The van der Waals surface area contributed by atoms with Crippen LogP contribution in [0.5, 0.6) is 0 Å². The van der Waals surface area contributed by atoms with E-state index < -0.39 is 10.5 Å². The summed E-state index contributed by atoms with van der Waals surface area (Å²) < 4.78 is 5.97. The van der Waals surface area contributed by atoms with Crippen LogP contribution in [-0.4, -0.2) is 45.6 Å². The van der Waals surface area contributed by atoms with Gasteiger partial charge in [-0.05, 0) is 56.5 Å². The minimum absolute atomic E-state index is 0.0189. The van der Waals surface area contributed by atoms with Crippen molar-refractivity contribution in [2.24, 2.45) is 0 Å². The molecule has 25 heavy (non-hydrogen) atoms. The van der Waals surface area contributed by atoms with Crippen LogP contribution in [0.2, 0.25) is 0 Å². The molecule has 0 bridgehead atoms. The highest BCUT2D eigenvalue weighted by molar-refractivity contribution is 9.10. The summed E-state index contributed by atoms with van der Waals surface area (Å²) in [5.41, 5.74) is 0.0948. The topological polar surface area (TPSA) is 97.6 Å². The van der Waals surface area contributed by atoms with Crippen LogP contribution in [-0.2, 0) is 4.74 Å². The van der Waals surface area contributed by atoms with E-state index in [4.69, 9.17) is 4.74 Å². The van der Waals surface area contributed by atoms with Gasteiger partial charge in [-0.3, -0.25) is 10.1 Å². The standard InChI is InChI=1S/C16H23BrN4O4/c1-10-12(17)9-13(21(23)24)14(18-10)19-11-5-7-20(8-6-11)15(22)25-16(2,3)4/h9,11H,5-8H2,1-4H3,(H,18,19). The first-order chi connectivity index (χ1) is 11.6. The van der Waals surface area contributed by atoms with Crippen LogP contribution in [0.3, 0.4) is 0 Å². The van der Waals surface area contributed by atoms with Crippen molar-refractivity contribution in [1.29, 1.82) is 0 Å². The number of nitrogens with zero attached hydrogens (tertiary/aromatic N) is 3. The number of anilines is 1. The van der Waals surface area contributed by atoms with E-state index >= 15 is 0 Å². The Labute approximate surface area is 155 Å². The maximum absolute atomic E-state index is 12.1. The van der Waals surface area contributed by atoms with Gasteiger partial charge in [0, 0.05) is 29.7 Å². The monoisotopic (exact) mass is 414 g/mol. The molecule has 2 heterocycles. The summed E-state index contributed by atoms with van der Waals surface area (Å²) in [7, 11) is 0. The number of piperidine rings is 1. The molecule has 0 unspecified atom stereocenters. The van der Waals surface area contributed by atoms with Crippen molar-refractivity contribution in [3.05, 3.63) is 26.3 Å². The van der Waals surface area contributed by atoms with E-state index in [-0.39, 0.29) is 23.6 Å². The van der Waals surface area contributed by atoms with E-state index in [2.05, 4.69) is 26.2 Å². The van der Waals surface area contributed by atoms with Gasteiger partial charge in [0.2, 0.25) is 5.82 Å². The number of rotatable bonds is 3. The van der Waals surface area contributed by atoms with Gasteiger partial charge in [-0.15, -0.1) is 0 Å². The van der Waals surface area contributed by atoms with Crippen LogP contribution in [0.4, 0.5) is 16.3 Å². The normalized spacial score (nSPS) is 15.8. The summed E-state index contributed by atoms with van der Waals surface area (Å²) in [5, 5.41) is 14.4. The number of carbonyl (C=O) groups excluding carboxylic acids is 1. The molecule has 1 fully saturated rings. The molecular formula is C16H23BrN4O4. The highest BCUT2D eigenvalue weighted by atomic mass is 79.9. The summed E-state index contributed by atoms with van der Waals surface area (Å²) >= 11 is 3.27. The second-order valence-corrected chi connectivity index (χ2v) is 7.92. The number of nitro groups is 1. The van der Waals surface area contributed by atoms with Crippen LogP contribution < -0.4 is 5.32 Å². The predicted molar refractivity (Wildman–Crippen MR) is 97.8 cm³/mol. The number of hydrogen-bond acceptors (Lipinski definition) is 6. The molecule has 0 radical (unpaired) electrons. The average molecular weight is 415 g/mol. The molecule has 1 aliphatic rings. The predicted octanol–water partition coefficient (Wildman–Crippen LogP) is 3.87. The summed E-state index contributed by atoms with van der Waals surface area (Å²) in [5.74, 6) is 0.265. The van der Waals surface area contributed by atoms with Crippen LogP contribution >= 0.6 is 15.9 Å². The number of hydrogen-bond donors (Lipinski definition) is 1. The Hall–Kier alpha value is -1.90. The van der Waals surface area contributed by atoms with Crippen molar-refractivity contribution >= 4 is 33.5 Å². The first-order valence-corrected chi connectivity index (χ1v) is 8.92. The molecule has 0 aliphatic carbocycles. The number of pyridine rings is 1. The molecule has 1 saturated heterocycles. The Bertz CT molecular complexity index is 667. The Kier molecular flexibility index (Phi) is 5.87. The molecule has 1 aromatic rings. The van der Waals surface area contributed by atoms with Gasteiger partial charge in [-0.1, -0.05) is 0 Å². The lowest BCUT2D eigenvalue weighted by Crippen LogP contribution is -2.44. The molecule has 1 amide bonds. The second-order valence-electron chi connectivity index (χ2n) is 7.07. The minimum Gasteiger partial charge on any atom is -0.444 e. The van der Waals surface area contributed by atoms with Gasteiger partial charge in [0.25, 0.3) is 0 Å². The quantitative estimate of drug-likeness (QED) is 0.595. The van der Waals surface area contributed by atoms with Crippen LogP contribution in [0, 0.1) is 17.0 Å². The lowest BCUT2D eigenvalue weighted by Gasteiger charge is -2.33. The third-order valence-electron chi connectivity index (χ3n) is 3.82. The number of ether oxygens (including phenoxy) is 1. The molecule has 0 spiro atoms. The Balaban J connectivity index is 2.00. The number of nitrogens with one attached hydrogen (secondary N) is 1. The number of carbonyl (C=O) groups is 1. The number of aromatic nitrogens is 1. The Morgan fingerprint density at radius 2 is 2.04 bits per heavy atom. The molecule has 9 heteroatoms. The zero-order valence-corrected chi connectivity index (χ0v) is 16.4. The summed E-state index contributed by atoms with van der Waals surface area (Å²) in [6.45, 7) is 8.36. The van der Waals surface area contributed by atoms with Gasteiger partial charge in [0.05, 0.1) is 10.6 Å². The number of aryl methyl sites for hydroxylation is 1. The van der Waals surface area contributed by atoms with Crippen LogP contribution in [0.25, 0.3) is 0 Å². The molecule has 1 aliphatic heterocycles. The summed E-state index contributed by atoms with van der Waals surface area (Å²) in [4.78, 5) is 28.8. The van der Waals surface area contributed by atoms with E-state index in [0.717, 1.165) is 0 Å². The van der Waals surface area contributed by atoms with Crippen LogP contribution in [0.15, 0.2) is 10.5 Å². The maximum atomic E-state index is 12.1. The van der Waals surface area contributed by atoms with Gasteiger partial charge in [0.1, 0.15) is 5.60 Å². The summed E-state index contributed by atoms with van der Waals surface area (Å²) in [6.07, 6.45) is 1.02. The molecule has 0 atom stereocenters. The second kappa shape index (κ2) is 7.55. The SMILES string of the molecule is Cc1nc(NC2CCN(C(=O)OC(C)(C)C)CC2)c([N+](=O)[O-])cc1Br. The molecule has 2 rings (SSSR count). The van der Waals surface area contributed by atoms with Gasteiger partial charge >= 0.3 is 11.8 Å². The number of amides is 1. The van der Waals surface area contributed by atoms with Crippen LogP contribution in [0.1, 0.15) is 39.3 Å². The van der Waals surface area contributed by atoms with E-state index in [9.17, 15) is 14.9 Å². The lowest BCUT2D eigenvalue weighted by atomic mass is 10.1. The highest BCUT2D eigenvalue weighted by Crippen LogP contribution is 2.29. The fraction of sp³-hybridized carbons (Fsp3) is 0.625. The average Bonchev–Trinajstić information content (AvgIpc) is 2.49. The molecule has 1 aromatic heterocycles. The van der Waals surface area contributed by atoms with Gasteiger partial charge in [-0.25, -0.2) is 9.78 Å². The fourth-order valence-corrected chi connectivity index (χ4v) is 2.85. The first kappa shape index (κ1) is 19.4. The molecule has 1 N–H and O–H groups in total. The smallest absolute Gasteiger partial charge is 0.410 e. The highest BCUT2D eigenvalue weighted by Gasteiger charge is 2.28. The molecule has 0 aromatic carbocycles. The van der Waals surface area contributed by atoms with Crippen molar-refractivity contribution in [2.75, 3.05) is 18.4 Å². The van der Waals surface area contributed by atoms with Crippen molar-refractivity contribution in [2.45, 2.75) is 52.2 Å². The van der Waals surface area contributed by atoms with Crippen molar-refractivity contribution < 1.29 is 14.5 Å². The maximum Gasteiger partial charge on any atom is 0.410 e. The third kappa shape index (κ3) is 5.29. The molecule has 138 valence electrons. The third-order valence-corrected chi connectivity index (χ3v) is 4.62. The van der Waals surface area contributed by atoms with Gasteiger partial charge < -0.3 is 15.0 Å². The van der Waals surface area contributed by atoms with E-state index in [0.29, 0.717) is 36.1 Å². The fourth-order valence-electron chi connectivity index (χ4n) is 2.54. The van der Waals surface area contributed by atoms with Gasteiger partial charge in [-0.2, -0.15) is 0 Å². The molecular weight excluding hydrogens is 392 g/mol. The zero-order chi connectivity index (χ0) is 18.8. The lowest BCUT2D eigenvalue weighted by molar-refractivity contribution is -0.384. The van der Waals surface area contributed by atoms with Crippen molar-refractivity contribution in [3.63, 3.8) is 0 Å². The van der Waals surface area contributed by atoms with E-state index in [1.807, 2.05) is 20.8 Å². The zero-order valence-electron chi connectivity index (χ0n) is 14.8.